The molecule has 2 atom stereocenters. The summed E-state index contributed by atoms with van der Waals surface area (Å²) in [4.78, 5) is 12.7. The second kappa shape index (κ2) is 10.8. The van der Waals surface area contributed by atoms with Gasteiger partial charge in [-0.1, -0.05) is 19.4 Å². The predicted octanol–water partition coefficient (Wildman–Crippen LogP) is 3.67. The lowest BCUT2D eigenvalue weighted by molar-refractivity contribution is -0.158. The molecule has 7 nitrogen and oxygen atoms in total. The molecule has 1 aromatic rings. The molecule has 8 heteroatoms. The molecule has 1 fully saturated rings. The maximum absolute atomic E-state index is 13.5. The standard InChI is InChI=1S/C23H37NO6S/c1-6-18(11-14-25)12-15-29-20-16-17(2)9-10-21(20)31(27,28)24-13-7-8-19(24)22(26)30-23(3,4)5/h9-10,16,18-19,25H,6-8,11-15H2,1-5H3/t18?,19-/m0/s1. The summed E-state index contributed by atoms with van der Waals surface area (Å²) in [5.74, 6) is 0.108. The summed E-state index contributed by atoms with van der Waals surface area (Å²) < 4.78 is 39.6. The van der Waals surface area contributed by atoms with Gasteiger partial charge in [0.15, 0.2) is 0 Å². The molecule has 0 saturated carbocycles. The van der Waals surface area contributed by atoms with Gasteiger partial charge in [0.25, 0.3) is 0 Å². The van der Waals surface area contributed by atoms with E-state index in [1.807, 2.05) is 6.92 Å². The zero-order valence-corrected chi connectivity index (χ0v) is 20.2. The fourth-order valence-electron chi connectivity index (χ4n) is 3.77. The summed E-state index contributed by atoms with van der Waals surface area (Å²) in [5, 5.41) is 9.17. The van der Waals surface area contributed by atoms with E-state index in [1.54, 1.807) is 39.0 Å². The molecule has 0 amide bonds. The van der Waals surface area contributed by atoms with E-state index in [2.05, 4.69) is 6.92 Å². The average molecular weight is 456 g/mol. The van der Waals surface area contributed by atoms with Crippen LogP contribution in [0.15, 0.2) is 23.1 Å². The van der Waals surface area contributed by atoms with Gasteiger partial charge in [-0.2, -0.15) is 4.31 Å². The van der Waals surface area contributed by atoms with Gasteiger partial charge in [0.1, 0.15) is 22.3 Å². The number of sulfonamides is 1. The summed E-state index contributed by atoms with van der Waals surface area (Å²) in [5.41, 5.74) is 0.207. The Kier molecular flexibility index (Phi) is 8.92. The average Bonchev–Trinajstić information content (AvgIpc) is 3.17. The van der Waals surface area contributed by atoms with Gasteiger partial charge < -0.3 is 14.6 Å². The van der Waals surface area contributed by atoms with Crippen molar-refractivity contribution in [1.82, 2.24) is 4.31 Å². The van der Waals surface area contributed by atoms with Crippen LogP contribution in [0.4, 0.5) is 0 Å². The lowest BCUT2D eigenvalue weighted by Gasteiger charge is -2.27. The first-order valence-corrected chi connectivity index (χ1v) is 12.5. The third kappa shape index (κ3) is 6.92. The van der Waals surface area contributed by atoms with Crippen LogP contribution < -0.4 is 4.74 Å². The quantitative estimate of drug-likeness (QED) is 0.541. The maximum atomic E-state index is 13.5. The summed E-state index contributed by atoms with van der Waals surface area (Å²) in [6, 6.07) is 4.18. The topological polar surface area (TPSA) is 93.1 Å². The number of aryl methyl sites for hydroxylation is 1. The first-order chi connectivity index (χ1) is 14.5. The van der Waals surface area contributed by atoms with Crippen molar-refractivity contribution in [2.75, 3.05) is 19.8 Å². The number of hydrogen-bond donors (Lipinski definition) is 1. The molecule has 0 bridgehead atoms. The fourth-order valence-corrected chi connectivity index (χ4v) is 5.53. The Morgan fingerprint density at radius 2 is 2.00 bits per heavy atom. The van der Waals surface area contributed by atoms with Crippen LogP contribution in [0.5, 0.6) is 5.75 Å². The van der Waals surface area contributed by atoms with Crippen LogP contribution in [0.3, 0.4) is 0 Å². The van der Waals surface area contributed by atoms with E-state index in [0.717, 1.165) is 18.4 Å². The molecule has 1 N–H and O–H groups in total. The van der Waals surface area contributed by atoms with E-state index < -0.39 is 27.6 Å². The van der Waals surface area contributed by atoms with Crippen molar-refractivity contribution >= 4 is 16.0 Å². The molecule has 176 valence electrons. The second-order valence-corrected chi connectivity index (χ2v) is 11.0. The second-order valence-electron chi connectivity index (χ2n) is 9.18. The van der Waals surface area contributed by atoms with Gasteiger partial charge in [0.05, 0.1) is 6.61 Å². The highest BCUT2D eigenvalue weighted by molar-refractivity contribution is 7.89. The van der Waals surface area contributed by atoms with Crippen LogP contribution in [0, 0.1) is 12.8 Å². The molecule has 0 aromatic heterocycles. The largest absolute Gasteiger partial charge is 0.492 e. The molecule has 1 aliphatic heterocycles. The summed E-state index contributed by atoms with van der Waals surface area (Å²) >= 11 is 0. The molecule has 1 saturated heterocycles. The van der Waals surface area contributed by atoms with Gasteiger partial charge >= 0.3 is 5.97 Å². The van der Waals surface area contributed by atoms with Crippen LogP contribution in [-0.2, 0) is 19.6 Å². The van der Waals surface area contributed by atoms with E-state index in [-0.39, 0.29) is 18.0 Å². The molecule has 0 radical (unpaired) electrons. The van der Waals surface area contributed by atoms with Crippen molar-refractivity contribution in [3.05, 3.63) is 23.8 Å². The lowest BCUT2D eigenvalue weighted by Crippen LogP contribution is -2.43. The van der Waals surface area contributed by atoms with Crippen molar-refractivity contribution in [3.63, 3.8) is 0 Å². The number of nitrogens with zero attached hydrogens (tertiary/aromatic N) is 1. The Morgan fingerprint density at radius 1 is 1.29 bits per heavy atom. The number of ether oxygens (including phenoxy) is 2. The molecule has 1 aromatic carbocycles. The molecular formula is C23H37NO6S. The fraction of sp³-hybridized carbons (Fsp3) is 0.696. The van der Waals surface area contributed by atoms with Gasteiger partial charge in [-0.15, -0.1) is 0 Å². The normalized spacial score (nSPS) is 18.7. The van der Waals surface area contributed by atoms with Crippen molar-refractivity contribution in [2.24, 2.45) is 5.92 Å². The SMILES string of the molecule is CCC(CCO)CCOc1cc(C)ccc1S(=O)(=O)N1CCC[C@H]1C(=O)OC(C)(C)C. The van der Waals surface area contributed by atoms with E-state index in [4.69, 9.17) is 14.6 Å². The lowest BCUT2D eigenvalue weighted by atomic mass is 10.00. The Balaban J connectivity index is 2.24. The van der Waals surface area contributed by atoms with Crippen LogP contribution in [0.25, 0.3) is 0 Å². The van der Waals surface area contributed by atoms with Gasteiger partial charge in [0, 0.05) is 13.2 Å². The highest BCUT2D eigenvalue weighted by Crippen LogP contribution is 2.33. The van der Waals surface area contributed by atoms with Gasteiger partial charge in [-0.3, -0.25) is 4.79 Å². The van der Waals surface area contributed by atoms with Crippen molar-refractivity contribution < 1.29 is 27.8 Å². The zero-order chi connectivity index (χ0) is 23.2. The third-order valence-electron chi connectivity index (χ3n) is 5.47. The highest BCUT2D eigenvalue weighted by atomic mass is 32.2. The van der Waals surface area contributed by atoms with Crippen LogP contribution >= 0.6 is 0 Å². The Hall–Kier alpha value is -1.64. The van der Waals surface area contributed by atoms with Crippen LogP contribution in [0.2, 0.25) is 0 Å². The highest BCUT2D eigenvalue weighted by Gasteiger charge is 2.42. The minimum Gasteiger partial charge on any atom is -0.492 e. The Bertz CT molecular complexity index is 846. The summed E-state index contributed by atoms with van der Waals surface area (Å²) in [6.45, 7) is 10.0. The first kappa shape index (κ1) is 25.6. The van der Waals surface area contributed by atoms with Crippen molar-refractivity contribution in [1.29, 1.82) is 0 Å². The predicted molar refractivity (Wildman–Crippen MR) is 120 cm³/mol. The number of hydrogen-bond acceptors (Lipinski definition) is 6. The number of carbonyl (C=O) groups is 1. The summed E-state index contributed by atoms with van der Waals surface area (Å²) in [6.07, 6.45) is 3.40. The van der Waals surface area contributed by atoms with Crippen LogP contribution in [-0.4, -0.2) is 55.2 Å². The molecule has 31 heavy (non-hydrogen) atoms. The number of aliphatic hydroxyl groups excluding tert-OH is 1. The number of carbonyl (C=O) groups excluding carboxylic acids is 1. The van der Waals surface area contributed by atoms with Crippen LogP contribution in [0.1, 0.15) is 65.4 Å². The van der Waals surface area contributed by atoms with E-state index in [1.165, 1.54) is 4.31 Å². The van der Waals surface area contributed by atoms with Crippen molar-refractivity contribution in [2.45, 2.75) is 83.3 Å². The number of benzene rings is 1. The monoisotopic (exact) mass is 455 g/mol. The number of rotatable bonds is 10. The van der Waals surface area contributed by atoms with Gasteiger partial charge in [-0.05, 0) is 77.0 Å². The van der Waals surface area contributed by atoms with Crippen molar-refractivity contribution in [3.8, 4) is 5.75 Å². The van der Waals surface area contributed by atoms with Gasteiger partial charge in [0.2, 0.25) is 10.0 Å². The van der Waals surface area contributed by atoms with Gasteiger partial charge in [-0.25, -0.2) is 8.42 Å². The molecule has 1 heterocycles. The smallest absolute Gasteiger partial charge is 0.324 e. The molecular weight excluding hydrogens is 418 g/mol. The third-order valence-corrected chi connectivity index (χ3v) is 7.41. The summed E-state index contributed by atoms with van der Waals surface area (Å²) in [7, 11) is -3.93. The minimum absolute atomic E-state index is 0.0729. The van der Waals surface area contributed by atoms with E-state index in [9.17, 15) is 13.2 Å². The Labute approximate surface area is 186 Å². The molecule has 0 spiro atoms. The molecule has 1 aliphatic rings. The molecule has 1 unspecified atom stereocenters. The number of aliphatic hydroxyl groups is 1. The molecule has 2 rings (SSSR count). The zero-order valence-electron chi connectivity index (χ0n) is 19.4. The minimum atomic E-state index is -3.93. The Morgan fingerprint density at radius 3 is 2.61 bits per heavy atom. The first-order valence-electron chi connectivity index (χ1n) is 11.1. The number of esters is 1. The molecule has 0 aliphatic carbocycles. The maximum Gasteiger partial charge on any atom is 0.324 e. The van der Waals surface area contributed by atoms with E-state index in [0.29, 0.717) is 37.5 Å². The van der Waals surface area contributed by atoms with E-state index >= 15 is 0 Å².